The number of benzene rings is 1. The van der Waals surface area contributed by atoms with Crippen molar-refractivity contribution in [2.24, 2.45) is 0 Å². The number of ether oxygens (including phenoxy) is 1. The smallest absolute Gasteiger partial charge is 0.359 e. The summed E-state index contributed by atoms with van der Waals surface area (Å²) in [4.78, 5) is 47.1. The molecule has 0 unspecified atom stereocenters. The highest BCUT2D eigenvalue weighted by Gasteiger charge is 2.19. The molecule has 0 atom stereocenters. The monoisotopic (exact) mass is 360 g/mol. The molecule has 2 aromatic rings. The standard InChI is InChI=1S/C17H20N4O5/c1-3-4-9-21-16(24)13-8-6-5-7-12(13)15(20-21)17(25)26-10-14(23)19-18-11(2)22/h5-8H,3-4,9-10H2,1-2H3,(H,18,22)(H,19,23). The molecule has 1 aromatic heterocycles. The van der Waals surface area contributed by atoms with Gasteiger partial charge < -0.3 is 4.74 Å². The molecule has 9 nitrogen and oxygen atoms in total. The van der Waals surface area contributed by atoms with Crippen molar-refractivity contribution >= 4 is 28.6 Å². The van der Waals surface area contributed by atoms with E-state index >= 15 is 0 Å². The third-order valence-corrected chi connectivity index (χ3v) is 3.50. The van der Waals surface area contributed by atoms with Crippen LogP contribution in [0.1, 0.15) is 37.2 Å². The molecule has 0 aliphatic carbocycles. The van der Waals surface area contributed by atoms with Crippen molar-refractivity contribution in [1.82, 2.24) is 20.6 Å². The molecule has 0 fully saturated rings. The Bertz CT molecular complexity index is 890. The molecule has 0 aliphatic rings. The first kappa shape index (κ1) is 19.1. The van der Waals surface area contributed by atoms with Gasteiger partial charge in [-0.1, -0.05) is 31.5 Å². The molecular weight excluding hydrogens is 340 g/mol. The Morgan fingerprint density at radius 2 is 1.85 bits per heavy atom. The predicted octanol–water partition coefficient (Wildman–Crippen LogP) is 0.521. The van der Waals surface area contributed by atoms with Gasteiger partial charge in [0.1, 0.15) is 0 Å². The number of esters is 1. The highest BCUT2D eigenvalue weighted by Crippen LogP contribution is 2.14. The number of carbonyl (C=O) groups excluding carboxylic acids is 3. The van der Waals surface area contributed by atoms with Crippen LogP contribution in [0.4, 0.5) is 0 Å². The first-order valence-electron chi connectivity index (χ1n) is 8.16. The molecule has 0 saturated heterocycles. The Balaban J connectivity index is 2.25. The summed E-state index contributed by atoms with van der Waals surface area (Å²) in [5.74, 6) is -1.98. The van der Waals surface area contributed by atoms with Gasteiger partial charge in [-0.05, 0) is 12.5 Å². The molecule has 2 amide bonds. The van der Waals surface area contributed by atoms with Gasteiger partial charge in [0.2, 0.25) is 5.91 Å². The second-order valence-electron chi connectivity index (χ2n) is 5.58. The lowest BCUT2D eigenvalue weighted by Gasteiger charge is -2.11. The minimum Gasteiger partial charge on any atom is -0.451 e. The number of aryl methyl sites for hydroxylation is 1. The van der Waals surface area contributed by atoms with E-state index in [0.717, 1.165) is 12.8 Å². The van der Waals surface area contributed by atoms with E-state index in [9.17, 15) is 19.2 Å². The van der Waals surface area contributed by atoms with Crippen LogP contribution in [-0.4, -0.2) is 34.2 Å². The van der Waals surface area contributed by atoms with Crippen molar-refractivity contribution in [2.45, 2.75) is 33.2 Å². The Morgan fingerprint density at radius 1 is 1.15 bits per heavy atom. The molecule has 0 bridgehead atoms. The van der Waals surface area contributed by atoms with Gasteiger partial charge in [0.15, 0.2) is 12.3 Å². The Hall–Kier alpha value is -3.23. The molecule has 26 heavy (non-hydrogen) atoms. The number of amides is 2. The topological polar surface area (TPSA) is 119 Å². The predicted molar refractivity (Wildman–Crippen MR) is 93.2 cm³/mol. The summed E-state index contributed by atoms with van der Waals surface area (Å²) < 4.78 is 6.19. The number of rotatable bonds is 6. The van der Waals surface area contributed by atoms with E-state index in [2.05, 4.69) is 16.0 Å². The number of nitrogens with zero attached hydrogens (tertiary/aromatic N) is 2. The van der Waals surface area contributed by atoms with Crippen LogP contribution in [0.3, 0.4) is 0 Å². The van der Waals surface area contributed by atoms with Gasteiger partial charge in [-0.2, -0.15) is 5.10 Å². The second kappa shape index (κ2) is 8.75. The highest BCUT2D eigenvalue weighted by atomic mass is 16.5. The minimum atomic E-state index is -0.829. The van der Waals surface area contributed by atoms with Gasteiger partial charge >= 0.3 is 5.97 Å². The van der Waals surface area contributed by atoms with Crippen LogP contribution in [0.2, 0.25) is 0 Å². The molecule has 9 heteroatoms. The molecule has 2 rings (SSSR count). The average molecular weight is 360 g/mol. The second-order valence-corrected chi connectivity index (χ2v) is 5.58. The zero-order valence-electron chi connectivity index (χ0n) is 14.6. The summed E-state index contributed by atoms with van der Waals surface area (Å²) >= 11 is 0. The number of nitrogens with one attached hydrogen (secondary N) is 2. The maximum atomic E-state index is 12.5. The normalized spacial score (nSPS) is 10.4. The molecule has 138 valence electrons. The summed E-state index contributed by atoms with van der Waals surface area (Å²) in [6.45, 7) is 2.99. The third-order valence-electron chi connectivity index (χ3n) is 3.50. The number of unbranched alkanes of at least 4 members (excludes halogenated alkanes) is 1. The van der Waals surface area contributed by atoms with Crippen LogP contribution >= 0.6 is 0 Å². The molecule has 0 spiro atoms. The van der Waals surface area contributed by atoms with E-state index in [1.54, 1.807) is 24.3 Å². The number of hydrogen-bond acceptors (Lipinski definition) is 6. The van der Waals surface area contributed by atoms with Gasteiger partial charge in [-0.25, -0.2) is 9.48 Å². The van der Waals surface area contributed by atoms with Crippen molar-refractivity contribution < 1.29 is 19.1 Å². The molecule has 0 aliphatic heterocycles. The summed E-state index contributed by atoms with van der Waals surface area (Å²) in [5, 5.41) is 4.83. The van der Waals surface area contributed by atoms with E-state index in [1.165, 1.54) is 11.6 Å². The van der Waals surface area contributed by atoms with E-state index in [0.29, 0.717) is 17.3 Å². The van der Waals surface area contributed by atoms with Crippen LogP contribution in [0.25, 0.3) is 10.8 Å². The molecule has 1 aromatic carbocycles. The Kier molecular flexibility index (Phi) is 6.42. The van der Waals surface area contributed by atoms with Crippen LogP contribution in [0.15, 0.2) is 29.1 Å². The number of fused-ring (bicyclic) bond motifs is 1. The Labute approximate surface area is 149 Å². The number of carbonyl (C=O) groups is 3. The maximum Gasteiger partial charge on any atom is 0.359 e. The molecular formula is C17H20N4O5. The maximum absolute atomic E-state index is 12.5. The molecule has 1 heterocycles. The van der Waals surface area contributed by atoms with Gasteiger partial charge in [-0.15, -0.1) is 0 Å². The molecule has 0 saturated carbocycles. The van der Waals surface area contributed by atoms with Gasteiger partial charge in [-0.3, -0.25) is 25.2 Å². The van der Waals surface area contributed by atoms with Crippen LogP contribution < -0.4 is 16.4 Å². The van der Waals surface area contributed by atoms with Crippen LogP contribution in [0.5, 0.6) is 0 Å². The largest absolute Gasteiger partial charge is 0.451 e. The molecule has 2 N–H and O–H groups in total. The zero-order valence-corrected chi connectivity index (χ0v) is 14.6. The SMILES string of the molecule is CCCCn1nc(C(=O)OCC(=O)NNC(C)=O)c2ccccc2c1=O. The van der Waals surface area contributed by atoms with Crippen LogP contribution in [-0.2, 0) is 20.9 Å². The van der Waals surface area contributed by atoms with Gasteiger partial charge in [0.05, 0.1) is 5.39 Å². The summed E-state index contributed by atoms with van der Waals surface area (Å²) in [6.07, 6.45) is 1.60. The Morgan fingerprint density at radius 3 is 2.50 bits per heavy atom. The van der Waals surface area contributed by atoms with Crippen molar-refractivity contribution in [2.75, 3.05) is 6.61 Å². The highest BCUT2D eigenvalue weighted by molar-refractivity contribution is 6.02. The average Bonchev–Trinajstić information content (AvgIpc) is 2.64. The number of hydrogen-bond donors (Lipinski definition) is 2. The molecule has 0 radical (unpaired) electrons. The van der Waals surface area contributed by atoms with E-state index in [4.69, 9.17) is 4.74 Å². The number of hydrazine groups is 1. The minimum absolute atomic E-state index is 0.0383. The summed E-state index contributed by atoms with van der Waals surface area (Å²) in [5.41, 5.74) is 3.85. The summed E-state index contributed by atoms with van der Waals surface area (Å²) in [6, 6.07) is 6.59. The van der Waals surface area contributed by atoms with Crippen molar-refractivity contribution in [3.63, 3.8) is 0 Å². The van der Waals surface area contributed by atoms with Crippen LogP contribution in [0, 0.1) is 0 Å². The number of aromatic nitrogens is 2. The van der Waals surface area contributed by atoms with Gasteiger partial charge in [0.25, 0.3) is 11.5 Å². The van der Waals surface area contributed by atoms with Crippen molar-refractivity contribution in [1.29, 1.82) is 0 Å². The van der Waals surface area contributed by atoms with Crippen molar-refractivity contribution in [3.8, 4) is 0 Å². The summed E-state index contributed by atoms with van der Waals surface area (Å²) in [7, 11) is 0. The quantitative estimate of drug-likeness (QED) is 0.572. The first-order valence-corrected chi connectivity index (χ1v) is 8.16. The fourth-order valence-corrected chi connectivity index (χ4v) is 2.24. The lowest BCUT2D eigenvalue weighted by Crippen LogP contribution is -2.42. The zero-order chi connectivity index (χ0) is 19.1. The van der Waals surface area contributed by atoms with E-state index < -0.39 is 24.4 Å². The van der Waals surface area contributed by atoms with Gasteiger partial charge in [0, 0.05) is 18.9 Å². The fourth-order valence-electron chi connectivity index (χ4n) is 2.24. The first-order chi connectivity index (χ1) is 12.4. The third kappa shape index (κ3) is 4.65. The van der Waals surface area contributed by atoms with Crippen molar-refractivity contribution in [3.05, 3.63) is 40.3 Å². The lowest BCUT2D eigenvalue weighted by atomic mass is 10.1. The lowest BCUT2D eigenvalue weighted by molar-refractivity contribution is -0.129. The van der Waals surface area contributed by atoms with E-state index in [1.807, 2.05) is 6.92 Å². The fraction of sp³-hybridized carbons (Fsp3) is 0.353. The van der Waals surface area contributed by atoms with E-state index in [-0.39, 0.29) is 11.3 Å².